The van der Waals surface area contributed by atoms with Crippen molar-refractivity contribution in [3.63, 3.8) is 0 Å². The molecule has 0 radical (unpaired) electrons. The van der Waals surface area contributed by atoms with Gasteiger partial charge < -0.3 is 9.84 Å². The van der Waals surface area contributed by atoms with Crippen LogP contribution in [0.2, 0.25) is 0 Å². The summed E-state index contributed by atoms with van der Waals surface area (Å²) in [5.74, 6) is 4.55. The summed E-state index contributed by atoms with van der Waals surface area (Å²) in [5.41, 5.74) is 0. The fraction of sp³-hybridized carbons (Fsp3) is 0.909. The van der Waals surface area contributed by atoms with Gasteiger partial charge in [-0.25, -0.2) is 4.79 Å². The first-order valence-electron chi connectivity index (χ1n) is 15.9. The van der Waals surface area contributed by atoms with Gasteiger partial charge in [-0.15, -0.1) is 0 Å². The van der Waals surface area contributed by atoms with E-state index in [1.54, 1.807) is 0 Å². The summed E-state index contributed by atoms with van der Waals surface area (Å²) in [6, 6.07) is 0. The molecule has 2 atom stereocenters. The van der Waals surface area contributed by atoms with Crippen LogP contribution in [0.4, 0.5) is 0 Å². The third-order valence-electron chi connectivity index (χ3n) is 8.70. The van der Waals surface area contributed by atoms with E-state index in [-0.39, 0.29) is 5.97 Å². The molecule has 214 valence electrons. The summed E-state index contributed by atoms with van der Waals surface area (Å²) >= 11 is 0. The van der Waals surface area contributed by atoms with E-state index >= 15 is 0 Å². The predicted molar refractivity (Wildman–Crippen MR) is 157 cm³/mol. The Morgan fingerprint density at radius 2 is 1.17 bits per heavy atom. The van der Waals surface area contributed by atoms with Gasteiger partial charge in [0.2, 0.25) is 0 Å². The van der Waals surface area contributed by atoms with Crippen molar-refractivity contribution >= 4 is 5.97 Å². The molecule has 36 heavy (non-hydrogen) atoms. The summed E-state index contributed by atoms with van der Waals surface area (Å²) in [6.45, 7) is 17.4. The van der Waals surface area contributed by atoms with Crippen molar-refractivity contribution in [1.82, 2.24) is 0 Å². The zero-order valence-electron chi connectivity index (χ0n) is 25.2. The molecule has 0 aromatic heterocycles. The number of aliphatic hydroxyl groups is 1. The Labute approximate surface area is 226 Å². The summed E-state index contributed by atoms with van der Waals surface area (Å²) in [5, 5.41) is 9.19. The molecule has 2 unspecified atom stereocenters. The van der Waals surface area contributed by atoms with Gasteiger partial charge in [-0.2, -0.15) is 0 Å². The van der Waals surface area contributed by atoms with E-state index in [0.717, 1.165) is 36.5 Å². The van der Waals surface area contributed by atoms with Gasteiger partial charge in [-0.05, 0) is 48.3 Å². The van der Waals surface area contributed by atoms with Gasteiger partial charge in [0.25, 0.3) is 0 Å². The molecule has 0 bridgehead atoms. The molecule has 0 aromatic rings. The minimum absolute atomic E-state index is 0.287. The Kier molecular flexibility index (Phi) is 22.8. The molecule has 2 aliphatic carbocycles. The monoisotopic (exact) mass is 508 g/mol. The SMILES string of the molecule is C=CC(=O)OCC(CC)CC1CCC(CCC)CC1.CC.CCCC1CCC(CC(CC)CO)CC1. The Bertz CT molecular complexity index is 497. The Balaban J connectivity index is 0.000000651. The predicted octanol–water partition coefficient (Wildman–Crippen LogP) is 9.77. The summed E-state index contributed by atoms with van der Waals surface area (Å²) < 4.78 is 5.19. The maximum atomic E-state index is 11.1. The molecule has 2 aliphatic rings. The van der Waals surface area contributed by atoms with Crippen molar-refractivity contribution in [2.75, 3.05) is 13.2 Å². The van der Waals surface area contributed by atoms with Gasteiger partial charge in [0.15, 0.2) is 0 Å². The Morgan fingerprint density at radius 3 is 1.50 bits per heavy atom. The lowest BCUT2D eigenvalue weighted by Crippen LogP contribution is -2.20. The second-order valence-corrected chi connectivity index (χ2v) is 11.4. The highest BCUT2D eigenvalue weighted by Crippen LogP contribution is 2.36. The van der Waals surface area contributed by atoms with Crippen molar-refractivity contribution in [2.45, 2.75) is 144 Å². The number of hydrogen-bond acceptors (Lipinski definition) is 3. The van der Waals surface area contributed by atoms with Crippen LogP contribution in [0, 0.1) is 35.5 Å². The lowest BCUT2D eigenvalue weighted by molar-refractivity contribution is -0.139. The minimum atomic E-state index is -0.287. The molecule has 2 saturated carbocycles. The fourth-order valence-corrected chi connectivity index (χ4v) is 6.25. The van der Waals surface area contributed by atoms with Crippen molar-refractivity contribution in [3.8, 4) is 0 Å². The summed E-state index contributed by atoms with van der Waals surface area (Å²) in [6.07, 6.45) is 22.8. The molecular weight excluding hydrogens is 444 g/mol. The van der Waals surface area contributed by atoms with Crippen LogP contribution in [-0.2, 0) is 9.53 Å². The number of hydrogen-bond donors (Lipinski definition) is 1. The van der Waals surface area contributed by atoms with Gasteiger partial charge in [-0.3, -0.25) is 0 Å². The van der Waals surface area contributed by atoms with Crippen LogP contribution in [0.3, 0.4) is 0 Å². The van der Waals surface area contributed by atoms with E-state index in [0.29, 0.717) is 25.0 Å². The lowest BCUT2D eigenvalue weighted by Gasteiger charge is -2.30. The molecule has 3 heteroatoms. The summed E-state index contributed by atoms with van der Waals surface area (Å²) in [7, 11) is 0. The van der Waals surface area contributed by atoms with Gasteiger partial charge in [0, 0.05) is 12.7 Å². The maximum absolute atomic E-state index is 11.1. The molecule has 0 aliphatic heterocycles. The number of esters is 1. The molecule has 0 saturated heterocycles. The highest BCUT2D eigenvalue weighted by molar-refractivity contribution is 5.81. The Hall–Kier alpha value is -0.830. The van der Waals surface area contributed by atoms with Crippen LogP contribution in [-0.4, -0.2) is 24.3 Å². The first kappa shape index (κ1) is 35.2. The van der Waals surface area contributed by atoms with Crippen LogP contribution in [0.5, 0.6) is 0 Å². The molecule has 0 aromatic carbocycles. The van der Waals surface area contributed by atoms with Crippen molar-refractivity contribution < 1.29 is 14.6 Å². The normalized spacial score (nSPS) is 25.3. The standard InChI is InChI=1S/C17H30O2.C14H28O.C2H6/c1-4-7-15-8-10-16(11-9-15)12-14(5-2)13-19-17(18)6-3;1-3-5-13-6-8-14(9-7-13)10-12(4-2)11-15;1-2/h6,14-16H,3-5,7-13H2,1-2H3;12-15H,3-11H2,1-2H3;1-2H3. The van der Waals surface area contributed by atoms with Crippen molar-refractivity contribution in [2.24, 2.45) is 35.5 Å². The molecule has 2 rings (SSSR count). The van der Waals surface area contributed by atoms with E-state index in [1.807, 2.05) is 13.8 Å². The van der Waals surface area contributed by atoms with Crippen LogP contribution >= 0.6 is 0 Å². The zero-order chi connectivity index (χ0) is 27.2. The van der Waals surface area contributed by atoms with Crippen LogP contribution in [0.1, 0.15) is 144 Å². The van der Waals surface area contributed by atoms with E-state index < -0.39 is 0 Å². The minimum Gasteiger partial charge on any atom is -0.462 e. The third-order valence-corrected chi connectivity index (χ3v) is 8.70. The average molecular weight is 509 g/mol. The van der Waals surface area contributed by atoms with E-state index in [4.69, 9.17) is 4.74 Å². The lowest BCUT2D eigenvalue weighted by atomic mass is 9.76. The quantitative estimate of drug-likeness (QED) is 0.187. The van der Waals surface area contributed by atoms with Crippen molar-refractivity contribution in [1.29, 1.82) is 0 Å². The van der Waals surface area contributed by atoms with Gasteiger partial charge in [0.05, 0.1) is 6.61 Å². The topological polar surface area (TPSA) is 46.5 Å². The molecule has 2 fully saturated rings. The zero-order valence-corrected chi connectivity index (χ0v) is 25.2. The summed E-state index contributed by atoms with van der Waals surface area (Å²) in [4.78, 5) is 11.1. The highest BCUT2D eigenvalue weighted by atomic mass is 16.5. The van der Waals surface area contributed by atoms with E-state index in [9.17, 15) is 9.90 Å². The number of aliphatic hydroxyl groups excluding tert-OH is 1. The second-order valence-electron chi connectivity index (χ2n) is 11.4. The maximum Gasteiger partial charge on any atom is 0.330 e. The number of carbonyl (C=O) groups is 1. The van der Waals surface area contributed by atoms with Crippen LogP contribution in [0.15, 0.2) is 12.7 Å². The van der Waals surface area contributed by atoms with Crippen LogP contribution in [0.25, 0.3) is 0 Å². The molecule has 1 N–H and O–H groups in total. The first-order valence-corrected chi connectivity index (χ1v) is 15.9. The fourth-order valence-electron chi connectivity index (χ4n) is 6.25. The van der Waals surface area contributed by atoms with E-state index in [1.165, 1.54) is 96.0 Å². The Morgan fingerprint density at radius 1 is 0.778 bits per heavy atom. The molecule has 0 spiro atoms. The third kappa shape index (κ3) is 16.1. The largest absolute Gasteiger partial charge is 0.462 e. The molecule has 0 heterocycles. The number of ether oxygens (including phenoxy) is 1. The average Bonchev–Trinajstić information content (AvgIpc) is 2.93. The second kappa shape index (κ2) is 23.3. The smallest absolute Gasteiger partial charge is 0.330 e. The van der Waals surface area contributed by atoms with Gasteiger partial charge >= 0.3 is 5.97 Å². The molecule has 3 nitrogen and oxygen atoms in total. The van der Waals surface area contributed by atoms with Crippen LogP contribution < -0.4 is 0 Å². The van der Waals surface area contributed by atoms with Gasteiger partial charge in [0.1, 0.15) is 0 Å². The van der Waals surface area contributed by atoms with E-state index in [2.05, 4.69) is 34.3 Å². The van der Waals surface area contributed by atoms with Crippen molar-refractivity contribution in [3.05, 3.63) is 12.7 Å². The first-order chi connectivity index (χ1) is 17.5. The number of carbonyl (C=O) groups excluding carboxylic acids is 1. The molecule has 0 amide bonds. The van der Waals surface area contributed by atoms with Gasteiger partial charge in [-0.1, -0.05) is 138 Å². The number of rotatable bonds is 14. The highest BCUT2D eigenvalue weighted by Gasteiger charge is 2.24. The molecular formula is C33H64O3.